The van der Waals surface area contributed by atoms with Crippen LogP contribution in [0, 0.1) is 6.92 Å². The van der Waals surface area contributed by atoms with Gasteiger partial charge < -0.3 is 14.5 Å². The molecule has 3 heteroatoms. The van der Waals surface area contributed by atoms with E-state index in [0.29, 0.717) is 0 Å². The first-order valence-electron chi connectivity index (χ1n) is 5.87. The number of methoxy groups -OCH3 is 2. The van der Waals surface area contributed by atoms with Gasteiger partial charge in [0.1, 0.15) is 0 Å². The van der Waals surface area contributed by atoms with Crippen LogP contribution in [0.1, 0.15) is 5.56 Å². The molecule has 3 nitrogen and oxygen atoms in total. The molecule has 0 bridgehead atoms. The summed E-state index contributed by atoms with van der Waals surface area (Å²) in [6.07, 6.45) is 0. The van der Waals surface area contributed by atoms with Gasteiger partial charge in [-0.1, -0.05) is 11.6 Å². The average molecular weight is 241 g/mol. The predicted molar refractivity (Wildman–Crippen MR) is 73.6 cm³/mol. The second-order valence-electron chi connectivity index (χ2n) is 4.43. The number of fused-ring (bicyclic) bond motifs is 3. The van der Waals surface area contributed by atoms with E-state index in [-0.39, 0.29) is 0 Å². The molecule has 2 aromatic carbocycles. The van der Waals surface area contributed by atoms with Crippen molar-refractivity contribution < 1.29 is 9.47 Å². The number of rotatable bonds is 2. The molecule has 0 spiro atoms. The lowest BCUT2D eigenvalue weighted by molar-refractivity contribution is 0.356. The van der Waals surface area contributed by atoms with Crippen LogP contribution in [0.25, 0.3) is 21.8 Å². The molecule has 0 aliphatic heterocycles. The van der Waals surface area contributed by atoms with Crippen LogP contribution in [0.4, 0.5) is 0 Å². The minimum atomic E-state index is 0.744. The minimum Gasteiger partial charge on any atom is -0.493 e. The lowest BCUT2D eigenvalue weighted by Crippen LogP contribution is -1.89. The number of benzene rings is 2. The highest BCUT2D eigenvalue weighted by atomic mass is 16.5. The van der Waals surface area contributed by atoms with E-state index in [1.165, 1.54) is 10.9 Å². The molecule has 1 aromatic heterocycles. The third kappa shape index (κ3) is 1.51. The fraction of sp³-hybridized carbons (Fsp3) is 0.200. The highest BCUT2D eigenvalue weighted by molar-refractivity contribution is 6.08. The highest BCUT2D eigenvalue weighted by Crippen LogP contribution is 2.35. The molecule has 0 aliphatic carbocycles. The molecule has 0 fully saturated rings. The summed E-state index contributed by atoms with van der Waals surface area (Å²) in [5.74, 6) is 1.50. The molecular weight excluding hydrogens is 226 g/mol. The van der Waals surface area contributed by atoms with Crippen molar-refractivity contribution >= 4 is 21.8 Å². The number of nitrogens with one attached hydrogen (secondary N) is 1. The van der Waals surface area contributed by atoms with Gasteiger partial charge in [0, 0.05) is 22.4 Å². The van der Waals surface area contributed by atoms with E-state index in [1.54, 1.807) is 14.2 Å². The normalized spacial score (nSPS) is 11.1. The Balaban J connectivity index is 2.41. The van der Waals surface area contributed by atoms with Gasteiger partial charge in [0.25, 0.3) is 0 Å². The quantitative estimate of drug-likeness (QED) is 0.743. The van der Waals surface area contributed by atoms with Crippen LogP contribution in [-0.2, 0) is 0 Å². The molecule has 1 heterocycles. The van der Waals surface area contributed by atoms with Crippen molar-refractivity contribution in [1.82, 2.24) is 4.98 Å². The molecule has 0 radical (unpaired) electrons. The average Bonchev–Trinajstić information content (AvgIpc) is 2.74. The molecule has 0 saturated heterocycles. The van der Waals surface area contributed by atoms with Crippen LogP contribution in [-0.4, -0.2) is 19.2 Å². The zero-order chi connectivity index (χ0) is 12.7. The van der Waals surface area contributed by atoms with E-state index in [4.69, 9.17) is 9.47 Å². The first kappa shape index (κ1) is 11.0. The maximum atomic E-state index is 5.35. The van der Waals surface area contributed by atoms with Crippen LogP contribution >= 0.6 is 0 Å². The molecule has 0 amide bonds. The van der Waals surface area contributed by atoms with Gasteiger partial charge in [-0.25, -0.2) is 0 Å². The molecule has 0 saturated carbocycles. The second kappa shape index (κ2) is 3.95. The van der Waals surface area contributed by atoms with Crippen molar-refractivity contribution in [3.63, 3.8) is 0 Å². The monoisotopic (exact) mass is 241 g/mol. The SMILES string of the molecule is COc1cc2[nH]c3ccc(C)cc3c2cc1OC. The Morgan fingerprint density at radius 3 is 2.22 bits per heavy atom. The number of H-pyrrole nitrogens is 1. The maximum absolute atomic E-state index is 5.35. The van der Waals surface area contributed by atoms with Gasteiger partial charge in [-0.2, -0.15) is 0 Å². The molecule has 3 rings (SSSR count). The van der Waals surface area contributed by atoms with Crippen LogP contribution in [0.2, 0.25) is 0 Å². The van der Waals surface area contributed by atoms with E-state index >= 15 is 0 Å². The van der Waals surface area contributed by atoms with E-state index in [0.717, 1.165) is 27.9 Å². The standard InChI is InChI=1S/C15H15NO2/c1-9-4-5-12-10(6-9)11-7-14(17-2)15(18-3)8-13(11)16-12/h4-8,16H,1-3H3. The number of hydrogen-bond acceptors (Lipinski definition) is 2. The van der Waals surface area contributed by atoms with Crippen LogP contribution < -0.4 is 9.47 Å². The Bertz CT molecular complexity index is 728. The number of aromatic amines is 1. The number of aromatic nitrogens is 1. The van der Waals surface area contributed by atoms with Crippen molar-refractivity contribution in [1.29, 1.82) is 0 Å². The van der Waals surface area contributed by atoms with Crippen molar-refractivity contribution in [2.24, 2.45) is 0 Å². The Labute approximate surface area is 105 Å². The Hall–Kier alpha value is -2.16. The first-order valence-corrected chi connectivity index (χ1v) is 5.87. The van der Waals surface area contributed by atoms with Gasteiger partial charge in [-0.3, -0.25) is 0 Å². The zero-order valence-corrected chi connectivity index (χ0v) is 10.7. The van der Waals surface area contributed by atoms with Crippen molar-refractivity contribution in [2.75, 3.05) is 14.2 Å². The van der Waals surface area contributed by atoms with E-state index < -0.39 is 0 Å². The minimum absolute atomic E-state index is 0.744. The third-order valence-electron chi connectivity index (χ3n) is 3.26. The van der Waals surface area contributed by atoms with Gasteiger partial charge in [0.05, 0.1) is 19.7 Å². The van der Waals surface area contributed by atoms with Crippen molar-refractivity contribution in [3.05, 3.63) is 35.9 Å². The summed E-state index contributed by atoms with van der Waals surface area (Å²) in [6, 6.07) is 10.4. The Morgan fingerprint density at radius 1 is 0.833 bits per heavy atom. The number of ether oxygens (including phenoxy) is 2. The maximum Gasteiger partial charge on any atom is 0.162 e. The molecule has 18 heavy (non-hydrogen) atoms. The summed E-state index contributed by atoms with van der Waals surface area (Å²) in [7, 11) is 3.31. The smallest absolute Gasteiger partial charge is 0.162 e. The lowest BCUT2D eigenvalue weighted by atomic mass is 10.1. The molecule has 0 atom stereocenters. The van der Waals surface area contributed by atoms with Crippen molar-refractivity contribution in [3.8, 4) is 11.5 Å². The summed E-state index contributed by atoms with van der Waals surface area (Å²) >= 11 is 0. The largest absolute Gasteiger partial charge is 0.493 e. The molecule has 1 N–H and O–H groups in total. The molecule has 0 unspecified atom stereocenters. The zero-order valence-electron chi connectivity index (χ0n) is 10.7. The fourth-order valence-corrected chi connectivity index (χ4v) is 2.34. The molecule has 3 aromatic rings. The Kier molecular flexibility index (Phi) is 2.40. The van der Waals surface area contributed by atoms with Gasteiger partial charge in [-0.15, -0.1) is 0 Å². The van der Waals surface area contributed by atoms with Gasteiger partial charge in [0.2, 0.25) is 0 Å². The van der Waals surface area contributed by atoms with Crippen molar-refractivity contribution in [2.45, 2.75) is 6.92 Å². The second-order valence-corrected chi connectivity index (χ2v) is 4.43. The van der Waals surface area contributed by atoms with Crippen LogP contribution in [0.3, 0.4) is 0 Å². The number of aryl methyl sites for hydroxylation is 1. The topological polar surface area (TPSA) is 34.2 Å². The molecule has 0 aliphatic rings. The lowest BCUT2D eigenvalue weighted by Gasteiger charge is -2.07. The van der Waals surface area contributed by atoms with Gasteiger partial charge >= 0.3 is 0 Å². The summed E-state index contributed by atoms with van der Waals surface area (Å²) in [5, 5.41) is 2.37. The van der Waals surface area contributed by atoms with Gasteiger partial charge in [-0.05, 0) is 25.1 Å². The fourth-order valence-electron chi connectivity index (χ4n) is 2.34. The summed E-state index contributed by atoms with van der Waals surface area (Å²) in [6.45, 7) is 2.10. The molecular formula is C15H15NO2. The number of hydrogen-bond donors (Lipinski definition) is 1. The van der Waals surface area contributed by atoms with Crippen LogP contribution in [0.5, 0.6) is 11.5 Å². The van der Waals surface area contributed by atoms with E-state index in [2.05, 4.69) is 30.1 Å². The Morgan fingerprint density at radius 2 is 1.50 bits per heavy atom. The summed E-state index contributed by atoms with van der Waals surface area (Å²) < 4.78 is 10.7. The van der Waals surface area contributed by atoms with Crippen LogP contribution in [0.15, 0.2) is 30.3 Å². The van der Waals surface area contributed by atoms with Gasteiger partial charge in [0.15, 0.2) is 11.5 Å². The van der Waals surface area contributed by atoms with E-state index in [9.17, 15) is 0 Å². The molecule has 92 valence electrons. The van der Waals surface area contributed by atoms with E-state index in [1.807, 2.05) is 12.1 Å². The first-order chi connectivity index (χ1) is 8.72. The predicted octanol–water partition coefficient (Wildman–Crippen LogP) is 3.65. The third-order valence-corrected chi connectivity index (χ3v) is 3.26. The summed E-state index contributed by atoms with van der Waals surface area (Å²) in [5.41, 5.74) is 3.44. The highest BCUT2D eigenvalue weighted by Gasteiger charge is 2.10. The summed E-state index contributed by atoms with van der Waals surface area (Å²) in [4.78, 5) is 3.40.